The van der Waals surface area contributed by atoms with E-state index in [1.807, 2.05) is 6.07 Å². The van der Waals surface area contributed by atoms with Crippen molar-refractivity contribution in [1.29, 1.82) is 0 Å². The summed E-state index contributed by atoms with van der Waals surface area (Å²) in [5.41, 5.74) is 2.86. The number of aromatic nitrogens is 2. The number of aliphatic hydroxyl groups is 1. The number of piperidine rings is 1. The summed E-state index contributed by atoms with van der Waals surface area (Å²) in [4.78, 5) is 5.35. The minimum absolute atomic E-state index is 0.131. The van der Waals surface area contributed by atoms with Crippen molar-refractivity contribution in [3.8, 4) is 10.4 Å². The highest BCUT2D eigenvalue weighted by Gasteiger charge is 2.40. The van der Waals surface area contributed by atoms with Gasteiger partial charge in [-0.3, -0.25) is 0 Å². The summed E-state index contributed by atoms with van der Waals surface area (Å²) in [6, 6.07) is 7.24. The maximum atomic E-state index is 12.9. The number of anilines is 1. The molecule has 0 amide bonds. The number of rotatable bonds is 4. The van der Waals surface area contributed by atoms with E-state index < -0.39 is 12.3 Å². The normalized spacial score (nSPS) is 20.1. The third kappa shape index (κ3) is 4.04. The van der Waals surface area contributed by atoms with Gasteiger partial charge < -0.3 is 14.9 Å². The molecule has 31 heavy (non-hydrogen) atoms. The number of hydrogen-bond donors (Lipinski definition) is 1. The van der Waals surface area contributed by atoms with Gasteiger partial charge in [0.25, 0.3) is 0 Å². The van der Waals surface area contributed by atoms with Crippen molar-refractivity contribution in [3.05, 3.63) is 29.1 Å². The summed E-state index contributed by atoms with van der Waals surface area (Å²) >= 11 is 0.931. The standard InChI is InChI=1S/C21H23F3N4O2S/c22-21(23,24)20(29)18-4-3-17(31-18)13-11-15-19(26-30-25-15)16(12-13)28-9-5-14(6-10-28)27-7-1-2-8-27/h3-4,11-12,14,20,29H,1-2,5-10H2. The van der Waals surface area contributed by atoms with Gasteiger partial charge >= 0.3 is 6.18 Å². The first-order valence-corrected chi connectivity index (χ1v) is 11.3. The van der Waals surface area contributed by atoms with E-state index in [4.69, 9.17) is 4.63 Å². The maximum absolute atomic E-state index is 12.9. The second kappa shape index (κ2) is 8.07. The first-order valence-electron chi connectivity index (χ1n) is 10.5. The molecule has 5 rings (SSSR count). The van der Waals surface area contributed by atoms with Crippen molar-refractivity contribution in [3.63, 3.8) is 0 Å². The van der Waals surface area contributed by atoms with Crippen molar-refractivity contribution >= 4 is 28.1 Å². The maximum Gasteiger partial charge on any atom is 0.419 e. The Morgan fingerprint density at radius 1 is 1.06 bits per heavy atom. The number of thiophene rings is 1. The Morgan fingerprint density at radius 3 is 2.52 bits per heavy atom. The molecule has 2 aliphatic rings. The summed E-state index contributed by atoms with van der Waals surface area (Å²) < 4.78 is 43.6. The topological polar surface area (TPSA) is 65.6 Å². The lowest BCUT2D eigenvalue weighted by molar-refractivity contribution is -0.205. The van der Waals surface area contributed by atoms with Gasteiger partial charge in [-0.15, -0.1) is 11.3 Å². The molecule has 166 valence electrons. The highest BCUT2D eigenvalue weighted by molar-refractivity contribution is 7.15. The minimum atomic E-state index is -4.69. The molecule has 2 aromatic heterocycles. The van der Waals surface area contributed by atoms with Gasteiger partial charge in [-0.1, -0.05) is 0 Å². The highest BCUT2D eigenvalue weighted by atomic mass is 32.1. The van der Waals surface area contributed by atoms with E-state index in [2.05, 4.69) is 20.1 Å². The molecule has 1 atom stereocenters. The summed E-state index contributed by atoms with van der Waals surface area (Å²) in [7, 11) is 0. The second-order valence-electron chi connectivity index (χ2n) is 8.23. The van der Waals surface area contributed by atoms with Crippen LogP contribution in [-0.4, -0.2) is 58.7 Å². The molecule has 0 bridgehead atoms. The van der Waals surface area contributed by atoms with Crippen LogP contribution in [0.2, 0.25) is 0 Å². The van der Waals surface area contributed by atoms with Crippen molar-refractivity contribution < 1.29 is 22.9 Å². The van der Waals surface area contributed by atoms with E-state index in [1.165, 1.54) is 32.0 Å². The van der Waals surface area contributed by atoms with Gasteiger partial charge in [-0.25, -0.2) is 4.63 Å². The van der Waals surface area contributed by atoms with Crippen LogP contribution in [0.25, 0.3) is 21.5 Å². The van der Waals surface area contributed by atoms with Gasteiger partial charge in [0, 0.05) is 28.9 Å². The van der Waals surface area contributed by atoms with Crippen LogP contribution in [0.5, 0.6) is 0 Å². The quantitative estimate of drug-likeness (QED) is 0.624. The molecule has 1 unspecified atom stereocenters. The number of halogens is 3. The fourth-order valence-corrected chi connectivity index (χ4v) is 5.66. The predicted molar refractivity (Wildman–Crippen MR) is 112 cm³/mol. The number of alkyl halides is 3. The fourth-order valence-electron chi connectivity index (χ4n) is 4.65. The first kappa shape index (κ1) is 20.7. The third-order valence-corrected chi connectivity index (χ3v) is 7.48. The Balaban J connectivity index is 1.41. The number of hydrogen-bond acceptors (Lipinski definition) is 7. The van der Waals surface area contributed by atoms with Gasteiger partial charge in [-0.2, -0.15) is 13.2 Å². The van der Waals surface area contributed by atoms with Crippen molar-refractivity contribution in [1.82, 2.24) is 15.2 Å². The number of nitrogens with zero attached hydrogens (tertiary/aromatic N) is 4. The molecule has 2 saturated heterocycles. The molecule has 3 aromatic rings. The van der Waals surface area contributed by atoms with Crippen LogP contribution in [0.15, 0.2) is 28.9 Å². The number of aliphatic hydroxyl groups excluding tert-OH is 1. The molecule has 2 aliphatic heterocycles. The van der Waals surface area contributed by atoms with Gasteiger partial charge in [0.05, 0.1) is 5.69 Å². The molecule has 10 heteroatoms. The molecule has 1 aromatic carbocycles. The van der Waals surface area contributed by atoms with Gasteiger partial charge in [-0.05, 0) is 78.9 Å². The molecule has 0 aliphatic carbocycles. The molecule has 0 radical (unpaired) electrons. The molecule has 6 nitrogen and oxygen atoms in total. The zero-order chi connectivity index (χ0) is 21.6. The van der Waals surface area contributed by atoms with Crippen molar-refractivity contribution in [2.75, 3.05) is 31.1 Å². The average molecular weight is 453 g/mol. The summed E-state index contributed by atoms with van der Waals surface area (Å²) in [5.74, 6) is 0. The number of fused-ring (bicyclic) bond motifs is 1. The van der Waals surface area contributed by atoms with Crippen molar-refractivity contribution in [2.24, 2.45) is 0 Å². The summed E-state index contributed by atoms with van der Waals surface area (Å²) in [5, 5.41) is 17.6. The third-order valence-electron chi connectivity index (χ3n) is 6.29. The molecule has 0 saturated carbocycles. The molecular weight excluding hydrogens is 429 g/mol. The predicted octanol–water partition coefficient (Wildman–Crippen LogP) is 4.61. The lowest BCUT2D eigenvalue weighted by Gasteiger charge is -2.37. The zero-order valence-corrected chi connectivity index (χ0v) is 17.6. The van der Waals surface area contributed by atoms with E-state index in [9.17, 15) is 18.3 Å². The molecule has 1 N–H and O–H groups in total. The Morgan fingerprint density at radius 2 is 1.81 bits per heavy atom. The van der Waals surface area contributed by atoms with Crippen LogP contribution in [0, 0.1) is 0 Å². The summed E-state index contributed by atoms with van der Waals surface area (Å²) in [6.45, 7) is 4.13. The lowest BCUT2D eigenvalue weighted by Crippen LogP contribution is -2.43. The highest BCUT2D eigenvalue weighted by Crippen LogP contribution is 2.41. The van der Waals surface area contributed by atoms with Gasteiger partial charge in [0.15, 0.2) is 11.6 Å². The average Bonchev–Trinajstić information content (AvgIpc) is 3.53. The van der Waals surface area contributed by atoms with Crippen LogP contribution in [0.3, 0.4) is 0 Å². The van der Waals surface area contributed by atoms with Crippen LogP contribution in [0.1, 0.15) is 36.7 Å². The SMILES string of the molecule is OC(c1ccc(-c2cc(N3CCC(N4CCCC4)CC3)c3nonc3c2)s1)C(F)(F)F. The lowest BCUT2D eigenvalue weighted by atomic mass is 10.0. The van der Waals surface area contributed by atoms with Crippen molar-refractivity contribution in [2.45, 2.75) is 44.0 Å². The Bertz CT molecular complexity index is 1050. The van der Waals surface area contributed by atoms with E-state index in [0.717, 1.165) is 48.5 Å². The van der Waals surface area contributed by atoms with Crippen LogP contribution >= 0.6 is 11.3 Å². The molecular formula is C21H23F3N4O2S. The second-order valence-corrected chi connectivity index (χ2v) is 9.35. The minimum Gasteiger partial charge on any atom is -0.379 e. The summed E-state index contributed by atoms with van der Waals surface area (Å²) in [6.07, 6.45) is -2.48. The van der Waals surface area contributed by atoms with E-state index in [-0.39, 0.29) is 4.88 Å². The van der Waals surface area contributed by atoms with Crippen LogP contribution < -0.4 is 4.90 Å². The smallest absolute Gasteiger partial charge is 0.379 e. The van der Waals surface area contributed by atoms with E-state index in [0.29, 0.717) is 22.0 Å². The molecule has 4 heterocycles. The van der Waals surface area contributed by atoms with Crippen LogP contribution in [-0.2, 0) is 0 Å². The Hall–Kier alpha value is -2.17. The Kier molecular flexibility index (Phi) is 5.39. The first-order chi connectivity index (χ1) is 14.9. The number of likely N-dealkylation sites (tertiary alicyclic amines) is 1. The number of benzene rings is 1. The largest absolute Gasteiger partial charge is 0.419 e. The zero-order valence-electron chi connectivity index (χ0n) is 16.8. The van der Waals surface area contributed by atoms with E-state index in [1.54, 1.807) is 12.1 Å². The van der Waals surface area contributed by atoms with Gasteiger partial charge in [0.1, 0.15) is 5.52 Å². The van der Waals surface area contributed by atoms with E-state index >= 15 is 0 Å². The Labute approximate surface area is 181 Å². The van der Waals surface area contributed by atoms with Gasteiger partial charge in [0.2, 0.25) is 0 Å². The monoisotopic (exact) mass is 452 g/mol. The molecule has 2 fully saturated rings. The van der Waals surface area contributed by atoms with Crippen LogP contribution in [0.4, 0.5) is 18.9 Å². The fraction of sp³-hybridized carbons (Fsp3) is 0.524. The molecule has 0 spiro atoms.